The topological polar surface area (TPSA) is 72.5 Å². The first-order chi connectivity index (χ1) is 12.4. The first-order valence-electron chi connectivity index (χ1n) is 7.40. The Hall–Kier alpha value is -2.09. The molecule has 0 radical (unpaired) electrons. The number of imide groups is 1. The van der Waals surface area contributed by atoms with Gasteiger partial charge in [0, 0.05) is 4.47 Å². The Morgan fingerprint density at radius 2 is 2.04 bits per heavy atom. The molecule has 0 bridgehead atoms. The number of carbonyl (C=O) groups is 3. The van der Waals surface area contributed by atoms with Crippen molar-refractivity contribution in [1.29, 1.82) is 0 Å². The molecule has 26 heavy (non-hydrogen) atoms. The van der Waals surface area contributed by atoms with Crippen LogP contribution >= 0.6 is 39.3 Å². The maximum Gasteiger partial charge on any atom is 0.315 e. The summed E-state index contributed by atoms with van der Waals surface area (Å²) < 4.78 is 6.19. The van der Waals surface area contributed by atoms with Crippen molar-refractivity contribution in [2.75, 3.05) is 0 Å². The van der Waals surface area contributed by atoms with Crippen molar-refractivity contribution < 1.29 is 19.1 Å². The van der Waals surface area contributed by atoms with Gasteiger partial charge in [0.15, 0.2) is 0 Å². The smallest absolute Gasteiger partial charge is 0.315 e. The van der Waals surface area contributed by atoms with E-state index in [0.717, 1.165) is 21.8 Å². The number of halogens is 2. The van der Waals surface area contributed by atoms with Gasteiger partial charge in [-0.05, 0) is 53.2 Å². The number of benzene rings is 2. The normalized spacial score (nSPS) is 15.2. The predicted molar refractivity (Wildman–Crippen MR) is 104 cm³/mol. The predicted octanol–water partition coefficient (Wildman–Crippen LogP) is 4.57. The molecule has 0 unspecified atom stereocenters. The lowest BCUT2D eigenvalue weighted by Crippen LogP contribution is -2.17. The summed E-state index contributed by atoms with van der Waals surface area (Å²) >= 11 is 10.3. The zero-order valence-corrected chi connectivity index (χ0v) is 16.3. The number of amides is 2. The average molecular weight is 453 g/mol. The van der Waals surface area contributed by atoms with Gasteiger partial charge in [-0.1, -0.05) is 45.7 Å². The second-order valence-electron chi connectivity index (χ2n) is 5.32. The van der Waals surface area contributed by atoms with Gasteiger partial charge in [-0.2, -0.15) is 0 Å². The van der Waals surface area contributed by atoms with Crippen molar-refractivity contribution in [3.8, 4) is 5.75 Å². The molecule has 0 aromatic heterocycles. The molecule has 8 heteroatoms. The molecule has 2 aromatic carbocycles. The van der Waals surface area contributed by atoms with Gasteiger partial charge in [-0.3, -0.25) is 19.7 Å². The van der Waals surface area contributed by atoms with Crippen molar-refractivity contribution in [2.24, 2.45) is 0 Å². The highest BCUT2D eigenvalue weighted by atomic mass is 79.9. The first kappa shape index (κ1) is 18.7. The highest BCUT2D eigenvalue weighted by molar-refractivity contribution is 9.10. The molecule has 1 aliphatic rings. The molecule has 0 saturated carbocycles. The SMILES string of the molecule is O=C(Cc1cccc(Br)c1)Oc1ccc(C=C2SC(=O)NC2=O)cc1Cl. The maximum absolute atomic E-state index is 12.1. The molecule has 5 nitrogen and oxygen atoms in total. The molecule has 1 aliphatic heterocycles. The van der Waals surface area contributed by atoms with Crippen molar-refractivity contribution in [3.63, 3.8) is 0 Å². The quantitative estimate of drug-likeness (QED) is 0.418. The third-order valence-electron chi connectivity index (χ3n) is 3.36. The Bertz CT molecular complexity index is 945. The number of nitrogens with one attached hydrogen (secondary N) is 1. The van der Waals surface area contributed by atoms with Gasteiger partial charge in [0.1, 0.15) is 5.75 Å². The molecule has 3 rings (SSSR count). The average Bonchev–Trinajstić information content (AvgIpc) is 2.87. The molecular formula is C18H11BrClNO4S. The molecule has 2 amide bonds. The number of thioether (sulfide) groups is 1. The van der Waals surface area contributed by atoms with Crippen LogP contribution in [-0.4, -0.2) is 17.1 Å². The lowest BCUT2D eigenvalue weighted by atomic mass is 10.1. The highest BCUT2D eigenvalue weighted by Crippen LogP contribution is 2.30. The third kappa shape index (κ3) is 4.75. The van der Waals surface area contributed by atoms with E-state index < -0.39 is 17.1 Å². The van der Waals surface area contributed by atoms with Crippen LogP contribution in [-0.2, 0) is 16.0 Å². The summed E-state index contributed by atoms with van der Waals surface area (Å²) in [6.07, 6.45) is 1.66. The number of hydrogen-bond donors (Lipinski definition) is 1. The van der Waals surface area contributed by atoms with E-state index in [1.54, 1.807) is 24.3 Å². The monoisotopic (exact) mass is 451 g/mol. The summed E-state index contributed by atoms with van der Waals surface area (Å²) in [7, 11) is 0. The van der Waals surface area contributed by atoms with Crippen molar-refractivity contribution in [1.82, 2.24) is 5.32 Å². The fraction of sp³-hybridized carbons (Fsp3) is 0.0556. The van der Waals surface area contributed by atoms with Crippen LogP contribution in [0.3, 0.4) is 0 Å². The Morgan fingerprint density at radius 1 is 1.23 bits per heavy atom. The summed E-state index contributed by atoms with van der Waals surface area (Å²) in [6.45, 7) is 0. The van der Waals surface area contributed by atoms with Crippen molar-refractivity contribution >= 4 is 62.5 Å². The molecule has 2 aromatic rings. The second-order valence-corrected chi connectivity index (χ2v) is 7.66. The van der Waals surface area contributed by atoms with Crippen LogP contribution in [0.2, 0.25) is 5.02 Å². The van der Waals surface area contributed by atoms with E-state index in [2.05, 4.69) is 21.2 Å². The molecule has 1 N–H and O–H groups in total. The van der Waals surface area contributed by atoms with Gasteiger partial charge in [0.2, 0.25) is 0 Å². The van der Waals surface area contributed by atoms with E-state index in [1.807, 2.05) is 24.3 Å². The minimum Gasteiger partial charge on any atom is -0.425 e. The van der Waals surface area contributed by atoms with Crippen LogP contribution in [0.15, 0.2) is 51.8 Å². The van der Waals surface area contributed by atoms with E-state index in [4.69, 9.17) is 16.3 Å². The zero-order chi connectivity index (χ0) is 18.7. The van der Waals surface area contributed by atoms with Crippen LogP contribution in [0.1, 0.15) is 11.1 Å². The molecular weight excluding hydrogens is 442 g/mol. The Balaban J connectivity index is 1.70. The minimum absolute atomic E-state index is 0.112. The standard InChI is InChI=1S/C18H11BrClNO4S/c19-12-3-1-2-10(6-12)9-16(22)25-14-5-4-11(7-13(14)20)8-15-17(23)21-18(24)26-15/h1-8H,9H2,(H,21,23,24). The summed E-state index contributed by atoms with van der Waals surface area (Å²) in [5, 5.41) is 2.00. The summed E-state index contributed by atoms with van der Waals surface area (Å²) in [5.74, 6) is -0.651. The Labute approximate surface area is 166 Å². The first-order valence-corrected chi connectivity index (χ1v) is 9.39. The fourth-order valence-corrected chi connectivity index (χ4v) is 3.59. The lowest BCUT2D eigenvalue weighted by Gasteiger charge is -2.07. The van der Waals surface area contributed by atoms with E-state index in [9.17, 15) is 14.4 Å². The largest absolute Gasteiger partial charge is 0.425 e. The van der Waals surface area contributed by atoms with Crippen molar-refractivity contribution in [3.05, 3.63) is 68.0 Å². The maximum atomic E-state index is 12.1. The number of esters is 1. The molecule has 0 atom stereocenters. The third-order valence-corrected chi connectivity index (χ3v) is 4.96. The molecule has 0 spiro atoms. The molecule has 1 saturated heterocycles. The van der Waals surface area contributed by atoms with Crippen molar-refractivity contribution in [2.45, 2.75) is 6.42 Å². The van der Waals surface area contributed by atoms with Gasteiger partial charge < -0.3 is 4.74 Å². The Kier molecular flexibility index (Phi) is 5.80. The minimum atomic E-state index is -0.444. The van der Waals surface area contributed by atoms with Crippen LogP contribution in [0, 0.1) is 0 Å². The van der Waals surface area contributed by atoms with Gasteiger partial charge in [0.25, 0.3) is 11.1 Å². The number of hydrogen-bond acceptors (Lipinski definition) is 5. The summed E-state index contributed by atoms with van der Waals surface area (Å²) in [4.78, 5) is 35.1. The van der Waals surface area contributed by atoms with E-state index in [-0.39, 0.29) is 22.1 Å². The number of ether oxygens (including phenoxy) is 1. The van der Waals surface area contributed by atoms with Gasteiger partial charge in [-0.15, -0.1) is 0 Å². The Morgan fingerprint density at radius 3 is 2.69 bits per heavy atom. The second kappa shape index (κ2) is 8.07. The van der Waals surface area contributed by atoms with E-state index >= 15 is 0 Å². The summed E-state index contributed by atoms with van der Waals surface area (Å²) in [6, 6.07) is 12.1. The molecule has 1 heterocycles. The molecule has 0 aliphatic carbocycles. The van der Waals surface area contributed by atoms with Crippen LogP contribution in [0.25, 0.3) is 6.08 Å². The molecule has 132 valence electrons. The van der Waals surface area contributed by atoms with E-state index in [1.165, 1.54) is 0 Å². The van der Waals surface area contributed by atoms with Crippen LogP contribution in [0.5, 0.6) is 5.75 Å². The van der Waals surface area contributed by atoms with E-state index in [0.29, 0.717) is 5.56 Å². The zero-order valence-electron chi connectivity index (χ0n) is 13.1. The fourth-order valence-electron chi connectivity index (χ4n) is 2.23. The van der Waals surface area contributed by atoms with Crippen LogP contribution in [0.4, 0.5) is 4.79 Å². The number of rotatable bonds is 4. The lowest BCUT2D eigenvalue weighted by molar-refractivity contribution is -0.133. The van der Waals surface area contributed by atoms with Gasteiger partial charge in [-0.25, -0.2) is 0 Å². The summed E-state index contributed by atoms with van der Waals surface area (Å²) in [5.41, 5.74) is 1.44. The van der Waals surface area contributed by atoms with Gasteiger partial charge >= 0.3 is 5.97 Å². The van der Waals surface area contributed by atoms with Crippen LogP contribution < -0.4 is 10.1 Å². The number of carbonyl (C=O) groups excluding carboxylic acids is 3. The molecule has 1 fully saturated rings. The van der Waals surface area contributed by atoms with Gasteiger partial charge in [0.05, 0.1) is 16.3 Å². The highest BCUT2D eigenvalue weighted by Gasteiger charge is 2.25.